The van der Waals surface area contributed by atoms with Crippen LogP contribution in [0, 0.1) is 0 Å². The molecule has 0 aliphatic carbocycles. The van der Waals surface area contributed by atoms with E-state index < -0.39 is 40.4 Å². The number of H-pyrrole nitrogens is 1. The Morgan fingerprint density at radius 2 is 1.79 bits per heavy atom. The highest BCUT2D eigenvalue weighted by Gasteiger charge is 2.31. The second kappa shape index (κ2) is 6.84. The molecule has 3 aromatic rings. The van der Waals surface area contributed by atoms with Crippen LogP contribution in [-0.4, -0.2) is 24.0 Å². The summed E-state index contributed by atoms with van der Waals surface area (Å²) in [6, 6.07) is 7.76. The molecule has 0 aliphatic heterocycles. The number of benzene rings is 2. The third-order valence-electron chi connectivity index (χ3n) is 4.12. The minimum atomic E-state index is -4.67. The van der Waals surface area contributed by atoms with Crippen molar-refractivity contribution in [2.45, 2.75) is 6.18 Å². The number of fused-ring (bicyclic) bond motifs is 1. The molecule has 3 rings (SSSR count). The van der Waals surface area contributed by atoms with Gasteiger partial charge in [-0.3, -0.25) is 4.79 Å². The van der Waals surface area contributed by atoms with E-state index >= 15 is 0 Å². The van der Waals surface area contributed by atoms with E-state index in [4.69, 9.17) is 0 Å². The Hall–Kier alpha value is -3.62. The molecule has 0 spiro atoms. The number of aromatic nitrogens is 1. The van der Waals surface area contributed by atoms with E-state index in [0.717, 1.165) is 19.2 Å². The van der Waals surface area contributed by atoms with Crippen molar-refractivity contribution >= 4 is 22.8 Å². The number of halogens is 3. The number of alkyl halides is 3. The third kappa shape index (κ3) is 3.22. The average Bonchev–Trinajstić information content (AvgIpc) is 2.66. The zero-order valence-corrected chi connectivity index (χ0v) is 14.2. The summed E-state index contributed by atoms with van der Waals surface area (Å²) in [6.07, 6.45) is -4.67. The first-order chi connectivity index (χ1) is 13.1. The number of nitrogens with one attached hydrogen (secondary N) is 1. The Morgan fingerprint density at radius 1 is 1.11 bits per heavy atom. The molecular weight excluding hydrogens is 379 g/mol. The molecular formula is C19H11F3NO5-. The van der Waals surface area contributed by atoms with Gasteiger partial charge in [-0.2, -0.15) is 13.2 Å². The van der Waals surface area contributed by atoms with Crippen LogP contribution >= 0.6 is 0 Å². The number of carbonyl (C=O) groups excluding carboxylic acids is 2. The average molecular weight is 390 g/mol. The smallest absolute Gasteiger partial charge is 0.416 e. The Labute approximate surface area is 155 Å². The van der Waals surface area contributed by atoms with Crippen molar-refractivity contribution in [1.82, 2.24) is 4.98 Å². The topological polar surface area (TPSA) is 99.3 Å². The van der Waals surface area contributed by atoms with Gasteiger partial charge in [-0.25, -0.2) is 4.79 Å². The molecule has 28 heavy (non-hydrogen) atoms. The van der Waals surface area contributed by atoms with Gasteiger partial charge in [0.2, 0.25) is 0 Å². The highest BCUT2D eigenvalue weighted by Crippen LogP contribution is 2.32. The van der Waals surface area contributed by atoms with E-state index in [-0.39, 0.29) is 22.0 Å². The van der Waals surface area contributed by atoms with Crippen LogP contribution in [0.5, 0.6) is 0 Å². The van der Waals surface area contributed by atoms with E-state index in [9.17, 15) is 32.7 Å². The lowest BCUT2D eigenvalue weighted by molar-refractivity contribution is -0.255. The first-order valence-corrected chi connectivity index (χ1v) is 7.81. The highest BCUT2D eigenvalue weighted by molar-refractivity contribution is 6.06. The van der Waals surface area contributed by atoms with E-state index in [0.29, 0.717) is 6.07 Å². The molecule has 2 aromatic carbocycles. The Morgan fingerprint density at radius 3 is 2.39 bits per heavy atom. The van der Waals surface area contributed by atoms with Crippen molar-refractivity contribution in [2.24, 2.45) is 0 Å². The molecule has 144 valence electrons. The maximum atomic E-state index is 13.0. The predicted molar refractivity (Wildman–Crippen MR) is 90.7 cm³/mol. The summed E-state index contributed by atoms with van der Waals surface area (Å²) in [5.41, 5.74) is -3.60. The van der Waals surface area contributed by atoms with Crippen molar-refractivity contribution in [3.05, 3.63) is 69.4 Å². The lowest BCUT2D eigenvalue weighted by Crippen LogP contribution is -2.30. The van der Waals surface area contributed by atoms with Gasteiger partial charge in [0.05, 0.1) is 41.0 Å². The van der Waals surface area contributed by atoms with Crippen LogP contribution in [0.25, 0.3) is 22.2 Å². The Bertz CT molecular complexity index is 1160. The van der Waals surface area contributed by atoms with E-state index in [2.05, 4.69) is 9.72 Å². The molecule has 0 fully saturated rings. The zero-order chi connectivity index (χ0) is 20.6. The minimum absolute atomic E-state index is 0.0586. The molecule has 9 heteroatoms. The van der Waals surface area contributed by atoms with Crippen molar-refractivity contribution in [2.75, 3.05) is 7.11 Å². The Balaban J connectivity index is 2.42. The molecule has 0 unspecified atom stereocenters. The number of rotatable bonds is 3. The van der Waals surface area contributed by atoms with Gasteiger partial charge < -0.3 is 19.6 Å². The van der Waals surface area contributed by atoms with Crippen molar-refractivity contribution < 1.29 is 32.6 Å². The SMILES string of the molecule is COC(=O)c1cccc2c(=O)c(C(=O)[O-])c(-c3cccc(C(F)(F)F)c3)[nH]c12. The number of esters is 1. The number of carbonyl (C=O) groups is 2. The third-order valence-corrected chi connectivity index (χ3v) is 4.12. The van der Waals surface area contributed by atoms with Crippen LogP contribution in [0.1, 0.15) is 26.3 Å². The van der Waals surface area contributed by atoms with Crippen LogP contribution in [0.2, 0.25) is 0 Å². The van der Waals surface area contributed by atoms with Crippen molar-refractivity contribution in [1.29, 1.82) is 0 Å². The van der Waals surface area contributed by atoms with Gasteiger partial charge in [-0.15, -0.1) is 0 Å². The van der Waals surface area contributed by atoms with Gasteiger partial charge in [0, 0.05) is 5.39 Å². The summed E-state index contributed by atoms with van der Waals surface area (Å²) in [7, 11) is 1.11. The number of ether oxygens (including phenoxy) is 1. The number of para-hydroxylation sites is 1. The molecule has 1 aromatic heterocycles. The quantitative estimate of drug-likeness (QED) is 0.693. The molecule has 0 saturated carbocycles. The molecule has 0 bridgehead atoms. The van der Waals surface area contributed by atoms with E-state index in [1.54, 1.807) is 0 Å². The number of pyridine rings is 1. The number of aromatic carboxylic acids is 1. The van der Waals surface area contributed by atoms with Gasteiger partial charge in [-0.1, -0.05) is 18.2 Å². The van der Waals surface area contributed by atoms with Gasteiger partial charge >= 0.3 is 12.1 Å². The van der Waals surface area contributed by atoms with Crippen molar-refractivity contribution in [3.8, 4) is 11.3 Å². The minimum Gasteiger partial charge on any atom is -0.545 e. The molecule has 6 nitrogen and oxygen atoms in total. The largest absolute Gasteiger partial charge is 0.545 e. The lowest BCUT2D eigenvalue weighted by atomic mass is 9.99. The molecule has 0 atom stereocenters. The first-order valence-electron chi connectivity index (χ1n) is 7.81. The number of hydrogen-bond acceptors (Lipinski definition) is 5. The Kier molecular flexibility index (Phi) is 4.68. The summed E-state index contributed by atoms with van der Waals surface area (Å²) in [6.45, 7) is 0. The molecule has 1 N–H and O–H groups in total. The number of carboxylic acids is 1. The maximum absolute atomic E-state index is 13.0. The highest BCUT2D eigenvalue weighted by atomic mass is 19.4. The predicted octanol–water partition coefficient (Wildman–Crippen LogP) is 2.36. The zero-order valence-electron chi connectivity index (χ0n) is 14.2. The molecule has 0 radical (unpaired) electrons. The molecule has 0 saturated heterocycles. The van der Waals surface area contributed by atoms with Crippen molar-refractivity contribution in [3.63, 3.8) is 0 Å². The van der Waals surface area contributed by atoms with Crippen LogP contribution in [0.4, 0.5) is 13.2 Å². The standard InChI is InChI=1S/C19H12F3NO5/c1-28-18(27)12-7-3-6-11-15(12)23-14(13(16(11)24)17(25)26)9-4-2-5-10(8-9)19(20,21)22/h2-8H,1H3,(H,23,24)(H,25,26)/p-1. The second-order valence-corrected chi connectivity index (χ2v) is 5.79. The van der Waals surface area contributed by atoms with Crippen LogP contribution in [0.3, 0.4) is 0 Å². The van der Waals surface area contributed by atoms with Gasteiger partial charge in [-0.05, 0) is 29.8 Å². The second-order valence-electron chi connectivity index (χ2n) is 5.79. The molecule has 1 heterocycles. The normalized spacial score (nSPS) is 11.4. The summed E-state index contributed by atoms with van der Waals surface area (Å²) in [5, 5.41) is 11.4. The van der Waals surface area contributed by atoms with E-state index in [1.165, 1.54) is 24.3 Å². The van der Waals surface area contributed by atoms with Gasteiger partial charge in [0.15, 0.2) is 5.43 Å². The lowest BCUT2D eigenvalue weighted by Gasteiger charge is -2.15. The fraction of sp³-hybridized carbons (Fsp3) is 0.105. The number of aromatic amines is 1. The van der Waals surface area contributed by atoms with Gasteiger partial charge in [0.1, 0.15) is 0 Å². The fourth-order valence-corrected chi connectivity index (χ4v) is 2.85. The monoisotopic (exact) mass is 390 g/mol. The summed E-state index contributed by atoms with van der Waals surface area (Å²) >= 11 is 0. The van der Waals surface area contributed by atoms with Gasteiger partial charge in [0.25, 0.3) is 0 Å². The van der Waals surface area contributed by atoms with Crippen LogP contribution < -0.4 is 10.5 Å². The summed E-state index contributed by atoms with van der Waals surface area (Å²) < 4.78 is 43.7. The maximum Gasteiger partial charge on any atom is 0.416 e. The summed E-state index contributed by atoms with van der Waals surface area (Å²) in [4.78, 5) is 38.8. The van der Waals surface area contributed by atoms with Crippen LogP contribution in [-0.2, 0) is 10.9 Å². The number of hydrogen-bond donors (Lipinski definition) is 1. The molecule has 0 aliphatic rings. The fourth-order valence-electron chi connectivity index (χ4n) is 2.85. The molecule has 0 amide bonds. The number of carboxylic acid groups (broad SMARTS) is 1. The van der Waals surface area contributed by atoms with E-state index in [1.807, 2.05) is 0 Å². The number of methoxy groups -OCH3 is 1. The first kappa shape index (κ1) is 19.2. The summed E-state index contributed by atoms with van der Waals surface area (Å²) in [5.74, 6) is -2.67. The van der Waals surface area contributed by atoms with Crippen LogP contribution in [0.15, 0.2) is 47.3 Å².